The standard InChI is InChI=1S/C16H27FN4/c1-20(2)9-3-6-19-13-14-4-5-15(17)16(12-14)21-10-7-18-8-11-21/h4-5,12,18-19H,3,6-11,13H2,1-2H3. The molecule has 0 saturated carbocycles. The minimum Gasteiger partial charge on any atom is -0.367 e. The highest BCUT2D eigenvalue weighted by molar-refractivity contribution is 5.50. The van der Waals surface area contributed by atoms with Crippen molar-refractivity contribution >= 4 is 5.69 Å². The van der Waals surface area contributed by atoms with Crippen molar-refractivity contribution in [3.05, 3.63) is 29.6 Å². The second-order valence-corrected chi connectivity index (χ2v) is 5.86. The molecule has 0 radical (unpaired) electrons. The van der Waals surface area contributed by atoms with Crippen molar-refractivity contribution in [3.8, 4) is 0 Å². The maximum absolute atomic E-state index is 14.0. The molecule has 1 aromatic carbocycles. The zero-order valence-electron chi connectivity index (χ0n) is 13.2. The number of piperazine rings is 1. The fourth-order valence-electron chi connectivity index (χ4n) is 2.57. The lowest BCUT2D eigenvalue weighted by molar-refractivity contribution is 0.394. The summed E-state index contributed by atoms with van der Waals surface area (Å²) in [5.41, 5.74) is 1.89. The van der Waals surface area contributed by atoms with Crippen LogP contribution in [-0.4, -0.2) is 58.3 Å². The van der Waals surface area contributed by atoms with Crippen LogP contribution in [-0.2, 0) is 6.54 Å². The number of benzene rings is 1. The van der Waals surface area contributed by atoms with Gasteiger partial charge in [-0.2, -0.15) is 0 Å². The topological polar surface area (TPSA) is 30.5 Å². The summed E-state index contributed by atoms with van der Waals surface area (Å²) in [6.07, 6.45) is 1.12. The first-order valence-corrected chi connectivity index (χ1v) is 7.76. The molecule has 21 heavy (non-hydrogen) atoms. The van der Waals surface area contributed by atoms with Crippen LogP contribution in [0.3, 0.4) is 0 Å². The molecule has 0 unspecified atom stereocenters. The van der Waals surface area contributed by atoms with Gasteiger partial charge in [0, 0.05) is 32.7 Å². The zero-order valence-corrected chi connectivity index (χ0v) is 13.2. The van der Waals surface area contributed by atoms with Crippen molar-refractivity contribution in [1.82, 2.24) is 15.5 Å². The first-order valence-electron chi connectivity index (χ1n) is 7.76. The van der Waals surface area contributed by atoms with Crippen molar-refractivity contribution in [2.45, 2.75) is 13.0 Å². The van der Waals surface area contributed by atoms with Gasteiger partial charge in [0.05, 0.1) is 5.69 Å². The third kappa shape index (κ3) is 5.26. The Labute approximate surface area is 127 Å². The molecule has 0 atom stereocenters. The van der Waals surface area contributed by atoms with Crippen LogP contribution in [0.25, 0.3) is 0 Å². The Morgan fingerprint density at radius 3 is 2.76 bits per heavy atom. The molecule has 2 rings (SSSR count). The van der Waals surface area contributed by atoms with Crippen molar-refractivity contribution in [3.63, 3.8) is 0 Å². The smallest absolute Gasteiger partial charge is 0.146 e. The summed E-state index contributed by atoms with van der Waals surface area (Å²) in [5, 5.41) is 6.72. The van der Waals surface area contributed by atoms with Crippen molar-refractivity contribution in [2.75, 3.05) is 58.3 Å². The lowest BCUT2D eigenvalue weighted by Crippen LogP contribution is -2.43. The highest BCUT2D eigenvalue weighted by Gasteiger charge is 2.14. The molecule has 5 heteroatoms. The van der Waals surface area contributed by atoms with E-state index in [1.807, 2.05) is 12.1 Å². The van der Waals surface area contributed by atoms with Crippen LogP contribution in [0.2, 0.25) is 0 Å². The van der Waals surface area contributed by atoms with Gasteiger partial charge in [0.1, 0.15) is 5.82 Å². The normalized spacial score (nSPS) is 15.7. The van der Waals surface area contributed by atoms with Gasteiger partial charge >= 0.3 is 0 Å². The summed E-state index contributed by atoms with van der Waals surface area (Å²) in [5.74, 6) is -0.117. The van der Waals surface area contributed by atoms with Crippen molar-refractivity contribution in [2.24, 2.45) is 0 Å². The summed E-state index contributed by atoms with van der Waals surface area (Å²) in [4.78, 5) is 4.31. The average molecular weight is 294 g/mol. The van der Waals surface area contributed by atoms with Gasteiger partial charge in [-0.05, 0) is 51.3 Å². The number of halogens is 1. The van der Waals surface area contributed by atoms with E-state index in [2.05, 4.69) is 34.5 Å². The van der Waals surface area contributed by atoms with E-state index >= 15 is 0 Å². The van der Waals surface area contributed by atoms with E-state index in [4.69, 9.17) is 0 Å². The Balaban J connectivity index is 1.86. The largest absolute Gasteiger partial charge is 0.367 e. The molecule has 1 heterocycles. The Kier molecular flexibility index (Phi) is 6.42. The second-order valence-electron chi connectivity index (χ2n) is 5.86. The van der Waals surface area contributed by atoms with E-state index in [0.717, 1.165) is 63.5 Å². The average Bonchev–Trinajstić information content (AvgIpc) is 2.49. The fraction of sp³-hybridized carbons (Fsp3) is 0.625. The highest BCUT2D eigenvalue weighted by atomic mass is 19.1. The predicted octanol–water partition coefficient (Wildman–Crippen LogP) is 1.28. The van der Waals surface area contributed by atoms with Crippen LogP contribution in [0.4, 0.5) is 10.1 Å². The Hall–Kier alpha value is -1.17. The SMILES string of the molecule is CN(C)CCCNCc1ccc(F)c(N2CCNCC2)c1. The van der Waals surface area contributed by atoms with E-state index in [9.17, 15) is 4.39 Å². The van der Waals surface area contributed by atoms with Gasteiger partial charge in [0.15, 0.2) is 0 Å². The minimum atomic E-state index is -0.117. The van der Waals surface area contributed by atoms with Gasteiger partial charge in [-0.3, -0.25) is 0 Å². The van der Waals surface area contributed by atoms with E-state index in [0.29, 0.717) is 0 Å². The fourth-order valence-corrected chi connectivity index (χ4v) is 2.57. The van der Waals surface area contributed by atoms with Crippen molar-refractivity contribution in [1.29, 1.82) is 0 Å². The Bertz CT molecular complexity index is 430. The van der Waals surface area contributed by atoms with Crippen molar-refractivity contribution < 1.29 is 4.39 Å². The number of nitrogens with zero attached hydrogens (tertiary/aromatic N) is 2. The maximum Gasteiger partial charge on any atom is 0.146 e. The minimum absolute atomic E-state index is 0.117. The lowest BCUT2D eigenvalue weighted by Gasteiger charge is -2.30. The van der Waals surface area contributed by atoms with Gasteiger partial charge in [0.25, 0.3) is 0 Å². The first kappa shape index (κ1) is 16.2. The second kappa shape index (κ2) is 8.32. The van der Waals surface area contributed by atoms with E-state index < -0.39 is 0 Å². The summed E-state index contributed by atoms with van der Waals surface area (Å²) < 4.78 is 14.0. The van der Waals surface area contributed by atoms with Crippen LogP contribution in [0.1, 0.15) is 12.0 Å². The van der Waals surface area contributed by atoms with E-state index in [1.165, 1.54) is 0 Å². The molecular weight excluding hydrogens is 267 g/mol. The van der Waals surface area contributed by atoms with Gasteiger partial charge in [-0.1, -0.05) is 6.07 Å². The van der Waals surface area contributed by atoms with E-state index in [1.54, 1.807) is 6.07 Å². The van der Waals surface area contributed by atoms with Gasteiger partial charge in [0.2, 0.25) is 0 Å². The Morgan fingerprint density at radius 1 is 1.29 bits per heavy atom. The summed E-state index contributed by atoms with van der Waals surface area (Å²) in [7, 11) is 4.17. The molecule has 1 aromatic rings. The number of hydrogen-bond acceptors (Lipinski definition) is 4. The third-order valence-corrected chi connectivity index (χ3v) is 3.76. The summed E-state index contributed by atoms with van der Waals surface area (Å²) >= 11 is 0. The number of hydrogen-bond donors (Lipinski definition) is 2. The summed E-state index contributed by atoms with van der Waals surface area (Å²) in [6.45, 7) is 6.46. The van der Waals surface area contributed by atoms with Crippen LogP contribution in [0.5, 0.6) is 0 Å². The lowest BCUT2D eigenvalue weighted by atomic mass is 10.1. The Morgan fingerprint density at radius 2 is 2.05 bits per heavy atom. The molecular formula is C16H27FN4. The molecule has 1 fully saturated rings. The predicted molar refractivity (Wildman–Crippen MR) is 86.4 cm³/mol. The number of rotatable bonds is 7. The molecule has 2 N–H and O–H groups in total. The molecule has 1 aliphatic rings. The number of nitrogens with one attached hydrogen (secondary N) is 2. The molecule has 4 nitrogen and oxygen atoms in total. The van der Waals surface area contributed by atoms with Gasteiger partial charge < -0.3 is 20.4 Å². The quantitative estimate of drug-likeness (QED) is 0.742. The third-order valence-electron chi connectivity index (χ3n) is 3.76. The molecule has 0 aliphatic carbocycles. The number of anilines is 1. The maximum atomic E-state index is 14.0. The molecule has 1 saturated heterocycles. The van der Waals surface area contributed by atoms with Crippen LogP contribution in [0, 0.1) is 5.82 Å². The highest BCUT2D eigenvalue weighted by Crippen LogP contribution is 2.21. The molecule has 1 aliphatic heterocycles. The van der Waals surface area contributed by atoms with Gasteiger partial charge in [-0.25, -0.2) is 4.39 Å². The van der Waals surface area contributed by atoms with Crippen LogP contribution < -0.4 is 15.5 Å². The van der Waals surface area contributed by atoms with Crippen LogP contribution in [0.15, 0.2) is 18.2 Å². The molecule has 0 spiro atoms. The first-order chi connectivity index (χ1) is 10.2. The van der Waals surface area contributed by atoms with Crippen LogP contribution >= 0.6 is 0 Å². The van der Waals surface area contributed by atoms with E-state index in [-0.39, 0.29) is 5.82 Å². The molecule has 0 bridgehead atoms. The monoisotopic (exact) mass is 294 g/mol. The molecule has 0 aromatic heterocycles. The molecule has 118 valence electrons. The zero-order chi connectivity index (χ0) is 15.1. The summed E-state index contributed by atoms with van der Waals surface area (Å²) in [6, 6.07) is 5.45. The van der Waals surface area contributed by atoms with Gasteiger partial charge in [-0.15, -0.1) is 0 Å². The molecule has 0 amide bonds.